The highest BCUT2D eigenvalue weighted by Gasteiger charge is 2.16. The van der Waals surface area contributed by atoms with Gasteiger partial charge in [0.1, 0.15) is 11.6 Å². The smallest absolute Gasteiger partial charge is 0.248 e. The van der Waals surface area contributed by atoms with Gasteiger partial charge in [0.2, 0.25) is 5.91 Å². The number of para-hydroxylation sites is 1. The fourth-order valence-corrected chi connectivity index (χ4v) is 5.41. The molecule has 1 heterocycles. The lowest BCUT2D eigenvalue weighted by Crippen LogP contribution is -2.20. The van der Waals surface area contributed by atoms with Crippen LogP contribution in [-0.2, 0) is 25.9 Å². The molecule has 0 bridgehead atoms. The zero-order chi connectivity index (χ0) is 22.4. The molecule has 0 saturated carbocycles. The molecule has 1 amide bonds. The fraction of sp³-hybridized carbons (Fsp3) is 0.333. The summed E-state index contributed by atoms with van der Waals surface area (Å²) < 4.78 is 59.6. The number of halogens is 2. The van der Waals surface area contributed by atoms with Gasteiger partial charge in [-0.2, -0.15) is 4.99 Å². The molecule has 0 atom stereocenters. The lowest BCUT2D eigenvalue weighted by atomic mass is 10.3. The first kappa shape index (κ1) is 23.2. The van der Waals surface area contributed by atoms with Gasteiger partial charge in [0.05, 0.1) is 27.5 Å². The Kier molecular flexibility index (Phi) is 7.69. The number of sulfone groups is 1. The first-order valence-corrected chi connectivity index (χ1v) is 12.2. The van der Waals surface area contributed by atoms with Crippen LogP contribution in [0.25, 0.3) is 10.2 Å². The third-order valence-corrected chi connectivity index (χ3v) is 7.37. The SMILES string of the molecule is CCOCCn1c(=NC(=O)CCCS(=O)(=O)c2ccc(F)cc2)sc2cccc(F)c21. The number of carbonyl (C=O) groups excluding carboxylic acids is 1. The summed E-state index contributed by atoms with van der Waals surface area (Å²) in [6.45, 7) is 3.04. The molecule has 0 radical (unpaired) electrons. The number of hydrogen-bond acceptors (Lipinski definition) is 5. The van der Waals surface area contributed by atoms with Crippen LogP contribution in [0.5, 0.6) is 0 Å². The summed E-state index contributed by atoms with van der Waals surface area (Å²) in [5.41, 5.74) is 0.359. The summed E-state index contributed by atoms with van der Waals surface area (Å²) in [6.07, 6.45) is -0.0111. The summed E-state index contributed by atoms with van der Waals surface area (Å²) in [7, 11) is -3.62. The van der Waals surface area contributed by atoms with Gasteiger partial charge >= 0.3 is 0 Å². The molecule has 3 aromatic rings. The van der Waals surface area contributed by atoms with Crippen molar-refractivity contribution in [2.45, 2.75) is 31.2 Å². The Morgan fingerprint density at radius 3 is 2.61 bits per heavy atom. The van der Waals surface area contributed by atoms with Crippen molar-refractivity contribution in [3.8, 4) is 0 Å². The number of carbonyl (C=O) groups is 1. The first-order valence-electron chi connectivity index (χ1n) is 9.73. The number of rotatable bonds is 9. The summed E-state index contributed by atoms with van der Waals surface area (Å²) in [6, 6.07) is 9.24. The van der Waals surface area contributed by atoms with Crippen LogP contribution in [0.3, 0.4) is 0 Å². The van der Waals surface area contributed by atoms with E-state index in [-0.39, 0.29) is 23.5 Å². The summed E-state index contributed by atoms with van der Waals surface area (Å²) in [4.78, 5) is 16.8. The van der Waals surface area contributed by atoms with Gasteiger partial charge in [0.15, 0.2) is 14.6 Å². The van der Waals surface area contributed by atoms with Crippen LogP contribution in [0.1, 0.15) is 19.8 Å². The van der Waals surface area contributed by atoms with Gasteiger partial charge in [0.25, 0.3) is 0 Å². The highest BCUT2D eigenvalue weighted by Crippen LogP contribution is 2.20. The van der Waals surface area contributed by atoms with Crippen molar-refractivity contribution in [2.75, 3.05) is 19.0 Å². The van der Waals surface area contributed by atoms with Crippen molar-refractivity contribution in [3.63, 3.8) is 0 Å². The zero-order valence-corrected chi connectivity index (χ0v) is 18.5. The molecule has 31 heavy (non-hydrogen) atoms. The Morgan fingerprint density at radius 1 is 1.16 bits per heavy atom. The third-order valence-electron chi connectivity index (χ3n) is 4.51. The number of nitrogens with zero attached hydrogens (tertiary/aromatic N) is 2. The van der Waals surface area contributed by atoms with Crippen LogP contribution in [0.4, 0.5) is 8.78 Å². The number of ether oxygens (including phenoxy) is 1. The summed E-state index contributed by atoms with van der Waals surface area (Å²) in [5.74, 6) is -1.69. The second-order valence-electron chi connectivity index (χ2n) is 6.70. The molecule has 0 aliphatic carbocycles. The number of aromatic nitrogens is 1. The van der Waals surface area contributed by atoms with Crippen LogP contribution in [0.2, 0.25) is 0 Å². The maximum Gasteiger partial charge on any atom is 0.248 e. The topological polar surface area (TPSA) is 77.7 Å². The molecule has 0 aliphatic rings. The molecular weight excluding hydrogens is 446 g/mol. The van der Waals surface area contributed by atoms with Gasteiger partial charge in [-0.15, -0.1) is 0 Å². The second kappa shape index (κ2) is 10.3. The maximum atomic E-state index is 14.4. The standard InChI is InChI=1S/C21H22F2N2O4S2/c1-2-29-13-12-25-20-17(23)5-3-6-18(20)30-21(25)24-19(26)7-4-14-31(27,28)16-10-8-15(22)9-11-16/h3,5-6,8-11H,2,4,7,12-14H2,1H3. The van der Waals surface area contributed by atoms with E-state index in [4.69, 9.17) is 4.74 Å². The van der Waals surface area contributed by atoms with Gasteiger partial charge < -0.3 is 9.30 Å². The van der Waals surface area contributed by atoms with Crippen molar-refractivity contribution in [1.82, 2.24) is 4.57 Å². The van der Waals surface area contributed by atoms with Crippen molar-refractivity contribution in [2.24, 2.45) is 4.99 Å². The Balaban J connectivity index is 1.75. The van der Waals surface area contributed by atoms with Crippen LogP contribution in [0, 0.1) is 11.6 Å². The molecule has 1 aromatic heterocycles. The van der Waals surface area contributed by atoms with E-state index in [0.717, 1.165) is 12.1 Å². The van der Waals surface area contributed by atoms with Crippen molar-refractivity contribution in [1.29, 1.82) is 0 Å². The van der Waals surface area contributed by atoms with E-state index in [1.807, 2.05) is 6.92 Å². The van der Waals surface area contributed by atoms with E-state index < -0.39 is 27.4 Å². The lowest BCUT2D eigenvalue weighted by molar-refractivity contribution is -0.118. The number of hydrogen-bond donors (Lipinski definition) is 0. The molecule has 10 heteroatoms. The van der Waals surface area contributed by atoms with Crippen LogP contribution < -0.4 is 4.80 Å². The molecule has 166 valence electrons. The highest BCUT2D eigenvalue weighted by molar-refractivity contribution is 7.91. The minimum Gasteiger partial charge on any atom is -0.380 e. The zero-order valence-electron chi connectivity index (χ0n) is 16.9. The molecule has 0 fully saturated rings. The van der Waals surface area contributed by atoms with Crippen LogP contribution >= 0.6 is 11.3 Å². The molecule has 0 aliphatic heterocycles. The number of benzene rings is 2. The largest absolute Gasteiger partial charge is 0.380 e. The molecule has 0 N–H and O–H groups in total. The predicted octanol–water partition coefficient (Wildman–Crippen LogP) is 3.70. The summed E-state index contributed by atoms with van der Waals surface area (Å²) in [5, 5.41) is 0. The normalized spacial score (nSPS) is 12.5. The van der Waals surface area contributed by atoms with Gasteiger partial charge in [-0.05, 0) is 49.7 Å². The van der Waals surface area contributed by atoms with E-state index in [2.05, 4.69) is 4.99 Å². The molecule has 6 nitrogen and oxygen atoms in total. The molecule has 0 saturated heterocycles. The van der Waals surface area contributed by atoms with Crippen molar-refractivity contribution < 1.29 is 26.7 Å². The van der Waals surface area contributed by atoms with E-state index >= 15 is 0 Å². The molecule has 0 unspecified atom stereocenters. The maximum absolute atomic E-state index is 14.4. The summed E-state index contributed by atoms with van der Waals surface area (Å²) >= 11 is 1.19. The predicted molar refractivity (Wildman–Crippen MR) is 115 cm³/mol. The third kappa shape index (κ3) is 5.84. The van der Waals surface area contributed by atoms with Crippen LogP contribution in [-0.4, -0.2) is 37.9 Å². The molecule has 3 rings (SSSR count). The minimum atomic E-state index is -3.62. The monoisotopic (exact) mass is 468 g/mol. The number of amides is 1. The van der Waals surface area contributed by atoms with E-state index in [9.17, 15) is 22.0 Å². The average molecular weight is 469 g/mol. The highest BCUT2D eigenvalue weighted by atomic mass is 32.2. The van der Waals surface area contributed by atoms with Gasteiger partial charge in [-0.25, -0.2) is 17.2 Å². The first-order chi connectivity index (χ1) is 14.8. The van der Waals surface area contributed by atoms with Crippen LogP contribution in [0.15, 0.2) is 52.4 Å². The van der Waals surface area contributed by atoms with Gasteiger partial charge in [0, 0.05) is 19.6 Å². The van der Waals surface area contributed by atoms with Gasteiger partial charge in [-0.1, -0.05) is 17.4 Å². The number of thiazole rings is 1. The van der Waals surface area contributed by atoms with E-state index in [0.29, 0.717) is 34.8 Å². The Labute approximate surface area is 182 Å². The lowest BCUT2D eigenvalue weighted by Gasteiger charge is -2.06. The Morgan fingerprint density at radius 2 is 1.90 bits per heavy atom. The van der Waals surface area contributed by atoms with Crippen molar-refractivity contribution in [3.05, 3.63) is 58.9 Å². The van der Waals surface area contributed by atoms with Gasteiger partial charge in [-0.3, -0.25) is 4.79 Å². The van der Waals surface area contributed by atoms with E-state index in [1.54, 1.807) is 16.7 Å². The molecule has 0 spiro atoms. The Hall–Kier alpha value is -2.43. The Bertz CT molecular complexity index is 1230. The second-order valence-corrected chi connectivity index (χ2v) is 9.82. The fourth-order valence-electron chi connectivity index (χ4n) is 3.02. The molecular formula is C21H22F2N2O4S2. The van der Waals surface area contributed by atoms with Crippen molar-refractivity contribution >= 4 is 37.3 Å². The minimum absolute atomic E-state index is 0.00651. The van der Waals surface area contributed by atoms with E-state index in [1.165, 1.54) is 29.5 Å². The number of fused-ring (bicyclic) bond motifs is 1. The average Bonchev–Trinajstić information content (AvgIpc) is 3.06. The molecule has 2 aromatic carbocycles. The quantitative estimate of drug-likeness (QED) is 0.354.